The number of carbonyl (C=O) groups is 1. The minimum atomic E-state index is -1.61. The van der Waals surface area contributed by atoms with Crippen molar-refractivity contribution < 1.29 is 19.4 Å². The SMILES string of the molecule is CN(C)CCCC(O)(c1ccc(F)cc1)c1ccc(C#N)cc1C(=O)O.[Na]. The van der Waals surface area contributed by atoms with E-state index in [1.54, 1.807) is 0 Å². The molecule has 1 unspecified atom stereocenters. The molecule has 0 fully saturated rings. The summed E-state index contributed by atoms with van der Waals surface area (Å²) in [5, 5.41) is 30.1. The van der Waals surface area contributed by atoms with Gasteiger partial charge in [-0.3, -0.25) is 0 Å². The Labute approximate surface area is 180 Å². The number of nitrogens with zero attached hydrogens (tertiary/aromatic N) is 2. The fourth-order valence-corrected chi connectivity index (χ4v) is 2.96. The molecule has 0 bridgehead atoms. The van der Waals surface area contributed by atoms with Crippen molar-refractivity contribution in [3.05, 3.63) is 70.5 Å². The quantitative estimate of drug-likeness (QED) is 0.723. The van der Waals surface area contributed by atoms with Crippen LogP contribution in [0.2, 0.25) is 0 Å². The van der Waals surface area contributed by atoms with Crippen molar-refractivity contribution in [2.24, 2.45) is 0 Å². The molecule has 0 saturated heterocycles. The predicted octanol–water partition coefficient (Wildman–Crippen LogP) is 2.59. The first-order valence-electron chi connectivity index (χ1n) is 8.19. The van der Waals surface area contributed by atoms with Crippen LogP contribution in [0.4, 0.5) is 4.39 Å². The van der Waals surface area contributed by atoms with E-state index in [0.29, 0.717) is 18.5 Å². The number of halogens is 1. The molecule has 27 heavy (non-hydrogen) atoms. The molecule has 0 amide bonds. The van der Waals surface area contributed by atoms with E-state index >= 15 is 0 Å². The summed E-state index contributed by atoms with van der Waals surface area (Å²) in [5.41, 5.74) is -0.952. The molecule has 0 heterocycles. The minimum Gasteiger partial charge on any atom is -0.478 e. The molecular formula is C20H21FN2NaO3. The largest absolute Gasteiger partial charge is 0.478 e. The molecule has 0 aromatic heterocycles. The van der Waals surface area contributed by atoms with Gasteiger partial charge >= 0.3 is 5.97 Å². The molecule has 0 saturated carbocycles. The summed E-state index contributed by atoms with van der Waals surface area (Å²) in [6.45, 7) is 0.697. The summed E-state index contributed by atoms with van der Waals surface area (Å²) in [6, 6.07) is 11.5. The average Bonchev–Trinajstić information content (AvgIpc) is 2.61. The molecule has 2 rings (SSSR count). The monoisotopic (exact) mass is 379 g/mol. The number of nitriles is 1. The number of aliphatic hydroxyl groups is 1. The summed E-state index contributed by atoms with van der Waals surface area (Å²) in [6.07, 6.45) is 0.850. The number of carboxylic acid groups (broad SMARTS) is 1. The van der Waals surface area contributed by atoms with E-state index in [4.69, 9.17) is 5.26 Å². The van der Waals surface area contributed by atoms with Gasteiger partial charge in [-0.1, -0.05) is 18.2 Å². The third-order valence-corrected chi connectivity index (χ3v) is 4.29. The van der Waals surface area contributed by atoms with E-state index in [1.807, 2.05) is 25.1 Å². The van der Waals surface area contributed by atoms with Gasteiger partial charge in [-0.25, -0.2) is 9.18 Å². The fourth-order valence-electron chi connectivity index (χ4n) is 2.96. The third-order valence-electron chi connectivity index (χ3n) is 4.29. The van der Waals surface area contributed by atoms with Crippen molar-refractivity contribution in [3.63, 3.8) is 0 Å². The Bertz CT molecular complexity index is 834. The Morgan fingerprint density at radius 1 is 1.22 bits per heavy atom. The van der Waals surface area contributed by atoms with E-state index < -0.39 is 17.4 Å². The van der Waals surface area contributed by atoms with Crippen LogP contribution in [0, 0.1) is 17.1 Å². The average molecular weight is 379 g/mol. The molecule has 0 aliphatic heterocycles. The number of rotatable bonds is 7. The summed E-state index contributed by atoms with van der Waals surface area (Å²) in [5.74, 6) is -1.67. The van der Waals surface area contributed by atoms with Crippen LogP contribution in [-0.4, -0.2) is 71.3 Å². The maximum absolute atomic E-state index is 13.3. The van der Waals surface area contributed by atoms with Gasteiger partial charge in [-0.2, -0.15) is 5.26 Å². The first-order chi connectivity index (χ1) is 12.3. The molecule has 0 aliphatic rings. The van der Waals surface area contributed by atoms with Crippen molar-refractivity contribution in [1.29, 1.82) is 5.26 Å². The molecule has 0 aliphatic carbocycles. The second kappa shape index (κ2) is 9.98. The van der Waals surface area contributed by atoms with Crippen LogP contribution < -0.4 is 0 Å². The smallest absolute Gasteiger partial charge is 0.336 e. The minimum absolute atomic E-state index is 0. The van der Waals surface area contributed by atoms with E-state index in [0.717, 1.165) is 0 Å². The second-order valence-corrected chi connectivity index (χ2v) is 6.45. The molecule has 2 aromatic carbocycles. The van der Waals surface area contributed by atoms with Crippen LogP contribution in [0.5, 0.6) is 0 Å². The van der Waals surface area contributed by atoms with Crippen LogP contribution in [0.1, 0.15) is 39.9 Å². The van der Waals surface area contributed by atoms with Crippen LogP contribution in [0.3, 0.4) is 0 Å². The maximum atomic E-state index is 13.3. The normalized spacial score (nSPS) is 12.7. The zero-order valence-corrected chi connectivity index (χ0v) is 17.7. The van der Waals surface area contributed by atoms with Gasteiger partial charge in [0, 0.05) is 35.1 Å². The molecule has 5 nitrogen and oxygen atoms in total. The number of hydrogen-bond donors (Lipinski definition) is 2. The first kappa shape index (κ1) is 23.3. The standard InChI is InChI=1S/C20H21FN2O3.Na/c1-23(2)11-3-10-20(26,15-5-7-16(21)8-6-15)18-9-4-14(13-22)12-17(18)19(24)25;/h4-9,12,26H,3,10-11H2,1-2H3,(H,24,25);. The van der Waals surface area contributed by atoms with E-state index in [1.165, 1.54) is 42.5 Å². The molecule has 2 N–H and O–H groups in total. The molecule has 1 radical (unpaired) electrons. The Balaban J connectivity index is 0.00000364. The van der Waals surface area contributed by atoms with Crippen molar-refractivity contribution >= 4 is 35.5 Å². The van der Waals surface area contributed by atoms with Gasteiger partial charge < -0.3 is 15.1 Å². The Morgan fingerprint density at radius 3 is 2.37 bits per heavy atom. The first-order valence-corrected chi connectivity index (χ1v) is 8.19. The molecule has 7 heteroatoms. The van der Waals surface area contributed by atoms with Gasteiger partial charge in [0.1, 0.15) is 11.4 Å². The van der Waals surface area contributed by atoms with Crippen molar-refractivity contribution in [2.75, 3.05) is 20.6 Å². The van der Waals surface area contributed by atoms with Gasteiger partial charge in [-0.15, -0.1) is 0 Å². The molecule has 0 spiro atoms. The van der Waals surface area contributed by atoms with Crippen LogP contribution in [0.15, 0.2) is 42.5 Å². The zero-order valence-electron chi connectivity index (χ0n) is 15.7. The molecule has 2 aromatic rings. The van der Waals surface area contributed by atoms with Gasteiger partial charge in [0.25, 0.3) is 0 Å². The third kappa shape index (κ3) is 5.61. The Morgan fingerprint density at radius 2 is 1.85 bits per heavy atom. The van der Waals surface area contributed by atoms with Gasteiger partial charge in [0.15, 0.2) is 0 Å². The topological polar surface area (TPSA) is 84.6 Å². The van der Waals surface area contributed by atoms with Gasteiger partial charge in [-0.05, 0) is 63.3 Å². The second-order valence-electron chi connectivity index (χ2n) is 6.45. The summed E-state index contributed by atoms with van der Waals surface area (Å²) >= 11 is 0. The number of benzene rings is 2. The molecule has 1 atom stereocenters. The predicted molar refractivity (Wildman–Crippen MR) is 101 cm³/mol. The summed E-state index contributed by atoms with van der Waals surface area (Å²) in [4.78, 5) is 13.7. The number of hydrogen-bond acceptors (Lipinski definition) is 4. The van der Waals surface area contributed by atoms with Gasteiger partial charge in [0.05, 0.1) is 17.2 Å². The van der Waals surface area contributed by atoms with Crippen molar-refractivity contribution in [3.8, 4) is 6.07 Å². The number of aromatic carboxylic acids is 1. The Kier molecular flexibility index (Phi) is 8.60. The van der Waals surface area contributed by atoms with Crippen LogP contribution in [-0.2, 0) is 5.60 Å². The Hall–Kier alpha value is -1.75. The van der Waals surface area contributed by atoms with Gasteiger partial charge in [0.2, 0.25) is 0 Å². The van der Waals surface area contributed by atoms with Crippen molar-refractivity contribution in [1.82, 2.24) is 4.90 Å². The van der Waals surface area contributed by atoms with E-state index in [9.17, 15) is 19.4 Å². The fraction of sp³-hybridized carbons (Fsp3) is 0.300. The molecular weight excluding hydrogens is 358 g/mol. The van der Waals surface area contributed by atoms with E-state index in [-0.39, 0.29) is 52.7 Å². The summed E-state index contributed by atoms with van der Waals surface area (Å²) < 4.78 is 13.3. The van der Waals surface area contributed by atoms with Crippen molar-refractivity contribution in [2.45, 2.75) is 18.4 Å². The zero-order chi connectivity index (χ0) is 19.3. The van der Waals surface area contributed by atoms with E-state index in [2.05, 4.69) is 0 Å². The van der Waals surface area contributed by atoms with Crippen LogP contribution in [0.25, 0.3) is 0 Å². The number of carboxylic acids is 1. The van der Waals surface area contributed by atoms with Crippen LogP contribution >= 0.6 is 0 Å². The summed E-state index contributed by atoms with van der Waals surface area (Å²) in [7, 11) is 3.81. The maximum Gasteiger partial charge on any atom is 0.336 e. The molecule has 137 valence electrons.